The van der Waals surface area contributed by atoms with E-state index in [1.54, 1.807) is 7.11 Å². The van der Waals surface area contributed by atoms with E-state index in [0.29, 0.717) is 19.6 Å². The van der Waals surface area contributed by atoms with E-state index in [1.165, 1.54) is 0 Å². The maximum atomic E-state index is 8.43. The summed E-state index contributed by atoms with van der Waals surface area (Å²) in [6.45, 7) is 3.51. The van der Waals surface area contributed by atoms with Crippen LogP contribution in [0.15, 0.2) is 0 Å². The van der Waals surface area contributed by atoms with Crippen LogP contribution in [0, 0.1) is 0 Å². The molecule has 0 aliphatic rings. The van der Waals surface area contributed by atoms with Crippen molar-refractivity contribution in [1.82, 2.24) is 0 Å². The summed E-state index contributed by atoms with van der Waals surface area (Å²) in [5, 5.41) is 8.43. The molecule has 3 nitrogen and oxygen atoms in total. The van der Waals surface area contributed by atoms with Crippen LogP contribution in [0.4, 0.5) is 0 Å². The fourth-order valence-electron chi connectivity index (χ4n) is 0.734. The normalized spacial score (nSPS) is 13.4. The van der Waals surface area contributed by atoms with Gasteiger partial charge in [-0.1, -0.05) is 6.92 Å². The molecule has 0 aliphatic carbocycles. The van der Waals surface area contributed by atoms with E-state index < -0.39 is 0 Å². The van der Waals surface area contributed by atoms with Crippen molar-refractivity contribution >= 4 is 0 Å². The summed E-state index contributed by atoms with van der Waals surface area (Å²) >= 11 is 0. The molecule has 0 aliphatic heterocycles. The van der Waals surface area contributed by atoms with Gasteiger partial charge in [0.2, 0.25) is 0 Å². The molecule has 0 aromatic rings. The number of aliphatic hydroxyl groups excluding tert-OH is 1. The maximum absolute atomic E-state index is 8.43. The predicted molar refractivity (Wildman–Crippen MR) is 43.6 cm³/mol. The first-order valence-corrected chi connectivity index (χ1v) is 4.06. The number of rotatable bonds is 7. The number of ether oxygens (including phenoxy) is 2. The largest absolute Gasteiger partial charge is 0.396 e. The van der Waals surface area contributed by atoms with Gasteiger partial charge in [0.05, 0.1) is 12.7 Å². The first-order chi connectivity index (χ1) is 5.35. The van der Waals surface area contributed by atoms with Crippen LogP contribution in [0.3, 0.4) is 0 Å². The third-order valence-corrected chi connectivity index (χ3v) is 1.54. The molecule has 1 atom stereocenters. The number of hydrogen-bond donors (Lipinski definition) is 1. The third-order valence-electron chi connectivity index (χ3n) is 1.54. The molecule has 0 radical (unpaired) electrons. The lowest BCUT2D eigenvalue weighted by molar-refractivity contribution is 0.00350. The lowest BCUT2D eigenvalue weighted by Crippen LogP contribution is -2.17. The molecule has 0 saturated heterocycles. The molecule has 3 heteroatoms. The Hall–Kier alpha value is -0.120. The quantitative estimate of drug-likeness (QED) is 0.563. The zero-order valence-electron chi connectivity index (χ0n) is 7.38. The third kappa shape index (κ3) is 6.28. The summed E-state index contributed by atoms with van der Waals surface area (Å²) in [6, 6.07) is 0. The highest BCUT2D eigenvalue weighted by atomic mass is 16.5. The SMILES string of the molecule is CCC(COCCCO)OC. The molecule has 0 rings (SSSR count). The molecule has 0 heterocycles. The minimum Gasteiger partial charge on any atom is -0.396 e. The van der Waals surface area contributed by atoms with Crippen LogP contribution in [0.5, 0.6) is 0 Å². The number of hydrogen-bond acceptors (Lipinski definition) is 3. The van der Waals surface area contributed by atoms with Crippen LogP contribution < -0.4 is 0 Å². The van der Waals surface area contributed by atoms with E-state index >= 15 is 0 Å². The van der Waals surface area contributed by atoms with Crippen LogP contribution in [0.25, 0.3) is 0 Å². The second-order valence-corrected chi connectivity index (χ2v) is 2.42. The molecule has 1 unspecified atom stereocenters. The van der Waals surface area contributed by atoms with Crippen molar-refractivity contribution in [3.8, 4) is 0 Å². The van der Waals surface area contributed by atoms with Gasteiger partial charge in [-0.15, -0.1) is 0 Å². The number of methoxy groups -OCH3 is 1. The Morgan fingerprint density at radius 2 is 2.18 bits per heavy atom. The van der Waals surface area contributed by atoms with Gasteiger partial charge in [-0.25, -0.2) is 0 Å². The van der Waals surface area contributed by atoms with Gasteiger partial charge in [0.15, 0.2) is 0 Å². The summed E-state index contributed by atoms with van der Waals surface area (Å²) in [4.78, 5) is 0. The van der Waals surface area contributed by atoms with Gasteiger partial charge in [0.1, 0.15) is 0 Å². The van der Waals surface area contributed by atoms with Gasteiger partial charge in [-0.05, 0) is 12.8 Å². The van der Waals surface area contributed by atoms with Crippen molar-refractivity contribution < 1.29 is 14.6 Å². The Labute approximate surface area is 68.3 Å². The lowest BCUT2D eigenvalue weighted by atomic mass is 10.3. The fourth-order valence-corrected chi connectivity index (χ4v) is 0.734. The van der Waals surface area contributed by atoms with Crippen LogP contribution in [-0.2, 0) is 9.47 Å². The zero-order chi connectivity index (χ0) is 8.53. The second kappa shape index (κ2) is 7.98. The van der Waals surface area contributed by atoms with E-state index in [4.69, 9.17) is 14.6 Å². The predicted octanol–water partition coefficient (Wildman–Crippen LogP) is 0.810. The summed E-state index contributed by atoms with van der Waals surface area (Å²) in [5.74, 6) is 0. The Morgan fingerprint density at radius 1 is 1.45 bits per heavy atom. The summed E-state index contributed by atoms with van der Waals surface area (Å²) in [7, 11) is 1.68. The van der Waals surface area contributed by atoms with Crippen LogP contribution in [0.2, 0.25) is 0 Å². The molecule has 0 bridgehead atoms. The molecule has 0 aromatic carbocycles. The number of aliphatic hydroxyl groups is 1. The van der Waals surface area contributed by atoms with E-state index in [2.05, 4.69) is 6.92 Å². The molecule has 1 N–H and O–H groups in total. The van der Waals surface area contributed by atoms with Gasteiger partial charge < -0.3 is 14.6 Å². The standard InChI is InChI=1S/C8H18O3/c1-3-8(10-2)7-11-6-4-5-9/h8-9H,3-7H2,1-2H3. The monoisotopic (exact) mass is 162 g/mol. The Balaban J connectivity index is 3.07. The first-order valence-electron chi connectivity index (χ1n) is 4.06. The highest BCUT2D eigenvalue weighted by Crippen LogP contribution is 1.96. The first kappa shape index (κ1) is 10.9. The van der Waals surface area contributed by atoms with E-state index in [0.717, 1.165) is 6.42 Å². The molecular weight excluding hydrogens is 144 g/mol. The molecular formula is C8H18O3. The van der Waals surface area contributed by atoms with Crippen molar-refractivity contribution in [1.29, 1.82) is 0 Å². The molecule has 0 aromatic heterocycles. The van der Waals surface area contributed by atoms with Crippen LogP contribution in [0.1, 0.15) is 19.8 Å². The van der Waals surface area contributed by atoms with Gasteiger partial charge >= 0.3 is 0 Å². The van der Waals surface area contributed by atoms with E-state index in [1.807, 2.05) is 0 Å². The van der Waals surface area contributed by atoms with E-state index in [-0.39, 0.29) is 12.7 Å². The van der Waals surface area contributed by atoms with Gasteiger partial charge in [-0.2, -0.15) is 0 Å². The van der Waals surface area contributed by atoms with Crippen molar-refractivity contribution in [3.05, 3.63) is 0 Å². The molecule has 68 valence electrons. The van der Waals surface area contributed by atoms with E-state index in [9.17, 15) is 0 Å². The molecule has 0 amide bonds. The average Bonchev–Trinajstić information content (AvgIpc) is 2.05. The van der Waals surface area contributed by atoms with Crippen molar-refractivity contribution in [2.75, 3.05) is 26.9 Å². The molecule has 0 saturated carbocycles. The van der Waals surface area contributed by atoms with Crippen molar-refractivity contribution in [2.24, 2.45) is 0 Å². The topological polar surface area (TPSA) is 38.7 Å². The highest BCUT2D eigenvalue weighted by Gasteiger charge is 2.02. The van der Waals surface area contributed by atoms with Crippen LogP contribution >= 0.6 is 0 Å². The Bertz CT molecular complexity index is 71.7. The summed E-state index contributed by atoms with van der Waals surface area (Å²) in [6.07, 6.45) is 1.88. The molecule has 0 fully saturated rings. The van der Waals surface area contributed by atoms with Gasteiger partial charge in [0, 0.05) is 20.3 Å². The lowest BCUT2D eigenvalue weighted by Gasteiger charge is -2.12. The summed E-state index contributed by atoms with van der Waals surface area (Å²) < 4.78 is 10.3. The fraction of sp³-hybridized carbons (Fsp3) is 1.00. The smallest absolute Gasteiger partial charge is 0.0802 e. The second-order valence-electron chi connectivity index (χ2n) is 2.42. The van der Waals surface area contributed by atoms with Gasteiger partial charge in [0.25, 0.3) is 0 Å². The molecule has 11 heavy (non-hydrogen) atoms. The minimum atomic E-state index is 0.198. The minimum absolute atomic E-state index is 0.198. The average molecular weight is 162 g/mol. The van der Waals surface area contributed by atoms with Crippen LogP contribution in [-0.4, -0.2) is 38.1 Å². The van der Waals surface area contributed by atoms with Crippen molar-refractivity contribution in [3.63, 3.8) is 0 Å². The Morgan fingerprint density at radius 3 is 2.64 bits per heavy atom. The maximum Gasteiger partial charge on any atom is 0.0802 e. The zero-order valence-corrected chi connectivity index (χ0v) is 7.38. The van der Waals surface area contributed by atoms with Crippen molar-refractivity contribution in [2.45, 2.75) is 25.9 Å². The summed E-state index contributed by atoms with van der Waals surface area (Å²) in [5.41, 5.74) is 0. The highest BCUT2D eigenvalue weighted by molar-refractivity contribution is 4.51. The molecule has 0 spiro atoms. The van der Waals surface area contributed by atoms with Gasteiger partial charge in [-0.3, -0.25) is 0 Å². The Kier molecular flexibility index (Phi) is 7.89.